The second-order valence-corrected chi connectivity index (χ2v) is 7.25. The third kappa shape index (κ3) is 3.08. The number of aromatic nitrogens is 1. The van der Waals surface area contributed by atoms with Crippen LogP contribution in [0.25, 0.3) is 21.9 Å². The standard InChI is InChI=1S/C23H21N3O2/c1-15-3-4-16(7-9-23(28)10-12-26(2)22(23)27)13-19(15)18-6-5-17-8-11-25-21(24)20(17)14-18/h3-6,8,11,13-14,28H,10,12H2,1-2H3,(H2,24,25). The predicted molar refractivity (Wildman–Crippen MR) is 110 cm³/mol. The fraction of sp³-hybridized carbons (Fsp3) is 0.217. The van der Waals surface area contributed by atoms with Gasteiger partial charge in [-0.2, -0.15) is 0 Å². The van der Waals surface area contributed by atoms with Crippen molar-refractivity contribution in [1.29, 1.82) is 0 Å². The number of carbonyl (C=O) groups excluding carboxylic acids is 1. The van der Waals surface area contributed by atoms with Gasteiger partial charge in [0.2, 0.25) is 5.60 Å². The summed E-state index contributed by atoms with van der Waals surface area (Å²) in [6.07, 6.45) is 2.02. The number of likely N-dealkylation sites (N-methyl/N-ethyl adjacent to an activating group) is 1. The molecule has 0 saturated carbocycles. The smallest absolute Gasteiger partial charge is 0.267 e. The molecule has 5 heteroatoms. The van der Waals surface area contributed by atoms with E-state index in [-0.39, 0.29) is 5.91 Å². The number of likely N-dealkylation sites (tertiary alicyclic amines) is 1. The van der Waals surface area contributed by atoms with Crippen molar-refractivity contribution in [1.82, 2.24) is 9.88 Å². The van der Waals surface area contributed by atoms with Gasteiger partial charge >= 0.3 is 0 Å². The maximum Gasteiger partial charge on any atom is 0.267 e. The molecular formula is C23H21N3O2. The van der Waals surface area contributed by atoms with Crippen molar-refractivity contribution in [3.05, 3.63) is 59.8 Å². The number of hydrogen-bond acceptors (Lipinski definition) is 4. The van der Waals surface area contributed by atoms with Crippen LogP contribution in [0.1, 0.15) is 17.5 Å². The minimum absolute atomic E-state index is 0.324. The van der Waals surface area contributed by atoms with Crippen molar-refractivity contribution in [2.24, 2.45) is 0 Å². The normalized spacial score (nSPS) is 19.0. The molecule has 1 saturated heterocycles. The topological polar surface area (TPSA) is 79.5 Å². The van der Waals surface area contributed by atoms with Crippen molar-refractivity contribution in [3.63, 3.8) is 0 Å². The number of anilines is 1. The number of fused-ring (bicyclic) bond motifs is 1. The molecular weight excluding hydrogens is 350 g/mol. The Balaban J connectivity index is 1.74. The number of carbonyl (C=O) groups is 1. The molecule has 2 aromatic carbocycles. The first-order chi connectivity index (χ1) is 13.4. The molecule has 1 aliphatic heterocycles. The fourth-order valence-electron chi connectivity index (χ4n) is 3.51. The van der Waals surface area contributed by atoms with Gasteiger partial charge in [0.1, 0.15) is 5.82 Å². The highest BCUT2D eigenvalue weighted by Crippen LogP contribution is 2.29. The molecule has 3 aromatic rings. The first-order valence-electron chi connectivity index (χ1n) is 9.14. The van der Waals surface area contributed by atoms with Crippen LogP contribution in [-0.2, 0) is 4.79 Å². The molecule has 0 aliphatic carbocycles. The van der Waals surface area contributed by atoms with E-state index in [9.17, 15) is 9.90 Å². The third-order valence-corrected chi connectivity index (χ3v) is 5.27. The highest BCUT2D eigenvalue weighted by atomic mass is 16.3. The van der Waals surface area contributed by atoms with Crippen LogP contribution in [0.5, 0.6) is 0 Å². The van der Waals surface area contributed by atoms with Crippen LogP contribution in [-0.4, -0.2) is 40.1 Å². The molecule has 0 spiro atoms. The second-order valence-electron chi connectivity index (χ2n) is 7.25. The number of amides is 1. The fourth-order valence-corrected chi connectivity index (χ4v) is 3.51. The van der Waals surface area contributed by atoms with Crippen LogP contribution < -0.4 is 5.73 Å². The molecule has 1 aliphatic rings. The van der Waals surface area contributed by atoms with E-state index in [1.54, 1.807) is 13.2 Å². The first kappa shape index (κ1) is 18.0. The number of pyridine rings is 1. The van der Waals surface area contributed by atoms with Gasteiger partial charge in [0.25, 0.3) is 5.91 Å². The summed E-state index contributed by atoms with van der Waals surface area (Å²) in [5, 5.41) is 12.4. The molecule has 1 aromatic heterocycles. The predicted octanol–water partition coefficient (Wildman–Crippen LogP) is 2.74. The Kier molecular flexibility index (Phi) is 4.29. The van der Waals surface area contributed by atoms with Gasteiger partial charge in [-0.05, 0) is 53.3 Å². The minimum atomic E-state index is -1.59. The van der Waals surface area contributed by atoms with E-state index < -0.39 is 5.60 Å². The van der Waals surface area contributed by atoms with Crippen molar-refractivity contribution in [2.75, 3.05) is 19.3 Å². The number of aliphatic hydroxyl groups is 1. The van der Waals surface area contributed by atoms with E-state index in [1.807, 2.05) is 49.4 Å². The monoisotopic (exact) mass is 371 g/mol. The van der Waals surface area contributed by atoms with E-state index in [4.69, 9.17) is 5.73 Å². The van der Waals surface area contributed by atoms with Gasteiger partial charge in [0.15, 0.2) is 0 Å². The van der Waals surface area contributed by atoms with E-state index >= 15 is 0 Å². The minimum Gasteiger partial charge on any atom is -0.383 e. The number of rotatable bonds is 1. The number of hydrogen-bond donors (Lipinski definition) is 2. The lowest BCUT2D eigenvalue weighted by molar-refractivity contribution is -0.137. The molecule has 5 nitrogen and oxygen atoms in total. The molecule has 0 bridgehead atoms. The second kappa shape index (κ2) is 6.66. The summed E-state index contributed by atoms with van der Waals surface area (Å²) in [7, 11) is 1.67. The first-order valence-corrected chi connectivity index (χ1v) is 9.14. The highest BCUT2D eigenvalue weighted by Gasteiger charge is 2.42. The molecule has 0 radical (unpaired) electrons. The maximum absolute atomic E-state index is 12.1. The van der Waals surface area contributed by atoms with E-state index in [0.717, 1.165) is 33.0 Å². The van der Waals surface area contributed by atoms with Gasteiger partial charge in [-0.1, -0.05) is 30.0 Å². The average molecular weight is 371 g/mol. The molecule has 1 amide bonds. The van der Waals surface area contributed by atoms with Crippen LogP contribution in [0.15, 0.2) is 48.7 Å². The van der Waals surface area contributed by atoms with Crippen molar-refractivity contribution in [2.45, 2.75) is 18.9 Å². The summed E-state index contributed by atoms with van der Waals surface area (Å²) < 4.78 is 0. The van der Waals surface area contributed by atoms with Crippen LogP contribution in [0.2, 0.25) is 0 Å². The molecule has 1 atom stereocenters. The van der Waals surface area contributed by atoms with Gasteiger partial charge in [0.05, 0.1) is 0 Å². The highest BCUT2D eigenvalue weighted by molar-refractivity contribution is 5.94. The van der Waals surface area contributed by atoms with Crippen LogP contribution in [0, 0.1) is 18.8 Å². The number of nitrogens with zero attached hydrogens (tertiary/aromatic N) is 2. The van der Waals surface area contributed by atoms with Gasteiger partial charge < -0.3 is 15.7 Å². The zero-order chi connectivity index (χ0) is 19.9. The van der Waals surface area contributed by atoms with Crippen LogP contribution >= 0.6 is 0 Å². The average Bonchev–Trinajstić information content (AvgIpc) is 2.95. The lowest BCUT2D eigenvalue weighted by atomic mass is 9.95. The van der Waals surface area contributed by atoms with Crippen LogP contribution in [0.3, 0.4) is 0 Å². The lowest BCUT2D eigenvalue weighted by Crippen LogP contribution is -2.37. The molecule has 28 heavy (non-hydrogen) atoms. The Bertz CT molecular complexity index is 1160. The summed E-state index contributed by atoms with van der Waals surface area (Å²) in [6.45, 7) is 2.54. The Labute approximate surface area is 163 Å². The number of nitrogens with two attached hydrogens (primary N) is 1. The number of aryl methyl sites for hydroxylation is 1. The summed E-state index contributed by atoms with van der Waals surface area (Å²) in [5.74, 6) is 5.91. The Hall–Kier alpha value is -3.36. The summed E-state index contributed by atoms with van der Waals surface area (Å²) >= 11 is 0. The molecule has 2 heterocycles. The molecule has 4 rings (SSSR count). The third-order valence-electron chi connectivity index (χ3n) is 5.27. The van der Waals surface area contributed by atoms with Gasteiger partial charge in [-0.3, -0.25) is 4.79 Å². The zero-order valence-electron chi connectivity index (χ0n) is 15.9. The lowest BCUT2D eigenvalue weighted by Gasteiger charge is -2.13. The molecule has 3 N–H and O–H groups in total. The van der Waals surface area contributed by atoms with E-state index in [1.165, 1.54) is 4.90 Å². The molecule has 1 fully saturated rings. The largest absolute Gasteiger partial charge is 0.383 e. The number of nitrogen functional groups attached to an aromatic ring is 1. The summed E-state index contributed by atoms with van der Waals surface area (Å²) in [6, 6.07) is 13.9. The summed E-state index contributed by atoms with van der Waals surface area (Å²) in [5.41, 5.74) is 8.33. The Morgan fingerprint density at radius 3 is 2.79 bits per heavy atom. The van der Waals surface area contributed by atoms with Crippen molar-refractivity contribution >= 4 is 22.5 Å². The summed E-state index contributed by atoms with van der Waals surface area (Å²) in [4.78, 5) is 17.8. The maximum atomic E-state index is 12.1. The van der Waals surface area contributed by atoms with Crippen molar-refractivity contribution < 1.29 is 9.90 Å². The quantitative estimate of drug-likeness (QED) is 0.645. The van der Waals surface area contributed by atoms with E-state index in [2.05, 4.69) is 16.8 Å². The molecule has 1 unspecified atom stereocenters. The Morgan fingerprint density at radius 2 is 2.04 bits per heavy atom. The van der Waals surface area contributed by atoms with Gasteiger partial charge in [-0.25, -0.2) is 4.98 Å². The molecule has 140 valence electrons. The van der Waals surface area contributed by atoms with Gasteiger partial charge in [-0.15, -0.1) is 0 Å². The van der Waals surface area contributed by atoms with E-state index in [0.29, 0.717) is 18.8 Å². The van der Waals surface area contributed by atoms with Crippen LogP contribution in [0.4, 0.5) is 5.82 Å². The van der Waals surface area contributed by atoms with Gasteiger partial charge in [0, 0.05) is 37.2 Å². The SMILES string of the molecule is Cc1ccc(C#CC2(O)CCN(C)C2=O)cc1-c1ccc2ccnc(N)c2c1. The zero-order valence-corrected chi connectivity index (χ0v) is 15.9. The van der Waals surface area contributed by atoms with Crippen molar-refractivity contribution in [3.8, 4) is 23.0 Å². The Morgan fingerprint density at radius 1 is 1.21 bits per heavy atom. The number of benzene rings is 2.